The molecule has 0 aromatic heterocycles. The molecule has 5 nitrogen and oxygen atoms in total. The Morgan fingerprint density at radius 2 is 2.00 bits per heavy atom. The van der Waals surface area contributed by atoms with Gasteiger partial charge < -0.3 is 19.9 Å². The van der Waals surface area contributed by atoms with Gasteiger partial charge in [0, 0.05) is 26.5 Å². The van der Waals surface area contributed by atoms with Gasteiger partial charge in [0.2, 0.25) is 0 Å². The van der Waals surface area contributed by atoms with Gasteiger partial charge in [-0.3, -0.25) is 4.79 Å². The van der Waals surface area contributed by atoms with E-state index in [4.69, 9.17) is 19.9 Å². The van der Waals surface area contributed by atoms with Crippen molar-refractivity contribution in [3.63, 3.8) is 0 Å². The molecule has 0 spiro atoms. The van der Waals surface area contributed by atoms with Crippen LogP contribution in [0.4, 0.5) is 0 Å². The Morgan fingerprint density at radius 3 is 2.53 bits per heavy atom. The van der Waals surface area contributed by atoms with Crippen LogP contribution in [0.3, 0.4) is 0 Å². The fraction of sp³-hybridized carbons (Fsp3) is 0.929. The van der Waals surface area contributed by atoms with Crippen molar-refractivity contribution in [2.75, 3.05) is 26.4 Å². The van der Waals surface area contributed by atoms with Gasteiger partial charge in [-0.2, -0.15) is 0 Å². The van der Waals surface area contributed by atoms with Crippen LogP contribution in [-0.4, -0.2) is 44.0 Å². The molecule has 0 aromatic carbocycles. The molecule has 0 aliphatic carbocycles. The van der Waals surface area contributed by atoms with Crippen LogP contribution in [0, 0.1) is 0 Å². The van der Waals surface area contributed by atoms with Gasteiger partial charge in [-0.25, -0.2) is 0 Å². The molecule has 0 fully saturated rings. The molecule has 2 N–H and O–H groups in total. The van der Waals surface area contributed by atoms with E-state index >= 15 is 0 Å². The quantitative estimate of drug-likeness (QED) is 0.583. The van der Waals surface area contributed by atoms with Crippen LogP contribution in [0.2, 0.25) is 0 Å². The highest BCUT2D eigenvalue weighted by atomic mass is 16.5. The van der Waals surface area contributed by atoms with E-state index in [-0.39, 0.29) is 17.7 Å². The van der Waals surface area contributed by atoms with Crippen LogP contribution in [0.25, 0.3) is 0 Å². The topological polar surface area (TPSA) is 70.8 Å². The minimum Gasteiger partial charge on any atom is -0.466 e. The second-order valence-electron chi connectivity index (χ2n) is 5.00. The van der Waals surface area contributed by atoms with Gasteiger partial charge in [0.25, 0.3) is 0 Å². The summed E-state index contributed by atoms with van der Waals surface area (Å²) in [5.41, 5.74) is 5.13. The standard InChI is InChI=1S/C14H29NO4/c1-5-14(4,7-10-18-13(3)16)19-9-6-12(2)17-11-8-15/h12H,5-11,15H2,1-4H3. The zero-order valence-corrected chi connectivity index (χ0v) is 12.7. The Hall–Kier alpha value is -0.650. The number of ether oxygens (including phenoxy) is 3. The number of hydrogen-bond acceptors (Lipinski definition) is 5. The van der Waals surface area contributed by atoms with E-state index in [9.17, 15) is 4.79 Å². The van der Waals surface area contributed by atoms with Gasteiger partial charge in [-0.15, -0.1) is 0 Å². The Morgan fingerprint density at radius 1 is 1.32 bits per heavy atom. The molecule has 5 heteroatoms. The molecule has 0 aliphatic rings. The third-order valence-electron chi connectivity index (χ3n) is 3.18. The maximum Gasteiger partial charge on any atom is 0.302 e. The fourth-order valence-corrected chi connectivity index (χ4v) is 1.59. The first kappa shape index (κ1) is 18.4. The molecule has 2 unspecified atom stereocenters. The van der Waals surface area contributed by atoms with Crippen molar-refractivity contribution >= 4 is 5.97 Å². The van der Waals surface area contributed by atoms with E-state index in [1.165, 1.54) is 6.92 Å². The minimum absolute atomic E-state index is 0.151. The Kier molecular flexibility index (Phi) is 9.83. The third kappa shape index (κ3) is 9.87. The molecule has 0 heterocycles. The van der Waals surface area contributed by atoms with E-state index in [0.717, 1.165) is 12.8 Å². The first-order valence-electron chi connectivity index (χ1n) is 7.02. The summed E-state index contributed by atoms with van der Waals surface area (Å²) in [6, 6.07) is 0. The van der Waals surface area contributed by atoms with Crippen molar-refractivity contribution in [2.45, 2.75) is 58.7 Å². The molecule has 0 aromatic rings. The monoisotopic (exact) mass is 275 g/mol. The largest absolute Gasteiger partial charge is 0.466 e. The molecule has 0 aliphatic heterocycles. The lowest BCUT2D eigenvalue weighted by molar-refractivity contribution is -0.143. The van der Waals surface area contributed by atoms with Crippen molar-refractivity contribution in [1.82, 2.24) is 0 Å². The predicted molar refractivity (Wildman–Crippen MR) is 75.0 cm³/mol. The molecule has 0 rings (SSSR count). The van der Waals surface area contributed by atoms with Crippen LogP contribution in [0.1, 0.15) is 47.0 Å². The average Bonchev–Trinajstić information content (AvgIpc) is 2.36. The van der Waals surface area contributed by atoms with Gasteiger partial charge in [-0.05, 0) is 26.7 Å². The molecule has 0 amide bonds. The molecule has 0 radical (unpaired) electrons. The normalized spacial score (nSPS) is 15.8. The van der Waals surface area contributed by atoms with E-state index < -0.39 is 0 Å². The van der Waals surface area contributed by atoms with Gasteiger partial charge in [0.1, 0.15) is 0 Å². The highest BCUT2D eigenvalue weighted by molar-refractivity contribution is 5.65. The summed E-state index contributed by atoms with van der Waals surface area (Å²) in [6.07, 6.45) is 2.58. The lowest BCUT2D eigenvalue weighted by Gasteiger charge is -2.29. The van der Waals surface area contributed by atoms with Gasteiger partial charge in [0.05, 0.1) is 24.9 Å². The number of carbonyl (C=O) groups is 1. The van der Waals surface area contributed by atoms with Crippen LogP contribution in [0.15, 0.2) is 0 Å². The van der Waals surface area contributed by atoms with Crippen molar-refractivity contribution < 1.29 is 19.0 Å². The number of nitrogens with two attached hydrogens (primary N) is 1. The number of rotatable bonds is 11. The summed E-state index contributed by atoms with van der Waals surface area (Å²) in [4.78, 5) is 10.7. The van der Waals surface area contributed by atoms with Crippen LogP contribution >= 0.6 is 0 Å². The summed E-state index contributed by atoms with van der Waals surface area (Å²) in [5, 5.41) is 0. The highest BCUT2D eigenvalue weighted by Crippen LogP contribution is 2.20. The molecular formula is C14H29NO4. The Bertz CT molecular complexity index is 248. The lowest BCUT2D eigenvalue weighted by atomic mass is 9.99. The van der Waals surface area contributed by atoms with E-state index in [2.05, 4.69) is 6.92 Å². The third-order valence-corrected chi connectivity index (χ3v) is 3.18. The maximum absolute atomic E-state index is 10.7. The highest BCUT2D eigenvalue weighted by Gasteiger charge is 2.23. The zero-order valence-electron chi connectivity index (χ0n) is 12.7. The molecule has 0 saturated carbocycles. The number of esters is 1. The maximum atomic E-state index is 10.7. The van der Waals surface area contributed by atoms with Crippen molar-refractivity contribution in [1.29, 1.82) is 0 Å². The second kappa shape index (κ2) is 10.2. The van der Waals surface area contributed by atoms with Gasteiger partial charge >= 0.3 is 5.97 Å². The summed E-state index contributed by atoms with van der Waals surface area (Å²) in [5.74, 6) is -0.248. The van der Waals surface area contributed by atoms with Crippen LogP contribution in [-0.2, 0) is 19.0 Å². The smallest absolute Gasteiger partial charge is 0.302 e. The average molecular weight is 275 g/mol. The Balaban J connectivity index is 3.86. The predicted octanol–water partition coefficient (Wildman–Crippen LogP) is 1.88. The zero-order chi connectivity index (χ0) is 14.7. The number of carbonyl (C=O) groups excluding carboxylic acids is 1. The summed E-state index contributed by atoms with van der Waals surface area (Å²) in [6.45, 7) is 9.71. The van der Waals surface area contributed by atoms with Gasteiger partial charge in [0.15, 0.2) is 0 Å². The molecule has 19 heavy (non-hydrogen) atoms. The van der Waals surface area contributed by atoms with Gasteiger partial charge in [-0.1, -0.05) is 6.92 Å². The minimum atomic E-state index is -0.248. The summed E-state index contributed by atoms with van der Waals surface area (Å²) in [7, 11) is 0. The molecule has 0 bridgehead atoms. The Labute approximate surface area is 116 Å². The fourth-order valence-electron chi connectivity index (χ4n) is 1.59. The van der Waals surface area contributed by atoms with Crippen molar-refractivity contribution in [3.05, 3.63) is 0 Å². The SMILES string of the molecule is CCC(C)(CCOC(C)=O)OCCC(C)OCCN. The van der Waals surface area contributed by atoms with Crippen LogP contribution < -0.4 is 5.73 Å². The number of hydrogen-bond donors (Lipinski definition) is 1. The van der Waals surface area contributed by atoms with Crippen molar-refractivity contribution in [2.24, 2.45) is 5.73 Å². The summed E-state index contributed by atoms with van der Waals surface area (Å²) < 4.78 is 16.3. The molecule has 114 valence electrons. The van der Waals surface area contributed by atoms with E-state index in [1.807, 2.05) is 13.8 Å². The summed E-state index contributed by atoms with van der Waals surface area (Å²) >= 11 is 0. The van der Waals surface area contributed by atoms with Crippen molar-refractivity contribution in [3.8, 4) is 0 Å². The second-order valence-corrected chi connectivity index (χ2v) is 5.00. The molecule has 2 atom stereocenters. The van der Waals surface area contributed by atoms with E-state index in [0.29, 0.717) is 32.8 Å². The molecular weight excluding hydrogens is 246 g/mol. The first-order valence-corrected chi connectivity index (χ1v) is 7.02. The first-order chi connectivity index (χ1) is 8.93. The lowest BCUT2D eigenvalue weighted by Crippen LogP contribution is -2.31. The molecule has 0 saturated heterocycles. The van der Waals surface area contributed by atoms with Crippen LogP contribution in [0.5, 0.6) is 0 Å². The van der Waals surface area contributed by atoms with E-state index in [1.54, 1.807) is 0 Å².